The molecule has 17 heavy (non-hydrogen) atoms. The van der Waals surface area contributed by atoms with E-state index < -0.39 is 5.97 Å². The molecule has 0 heterocycles. The average Bonchev–Trinajstić information content (AvgIpc) is 2.26. The molecule has 0 aliphatic heterocycles. The molecule has 0 bridgehead atoms. The maximum atomic E-state index is 10.9. The molecule has 3 heteroatoms. The zero-order valence-electron chi connectivity index (χ0n) is 11.7. The molecule has 0 atom stereocenters. The van der Waals surface area contributed by atoms with Crippen molar-refractivity contribution < 1.29 is 9.90 Å². The van der Waals surface area contributed by atoms with E-state index in [1.165, 1.54) is 19.3 Å². The first-order valence-corrected chi connectivity index (χ1v) is 6.69. The highest BCUT2D eigenvalue weighted by Gasteiger charge is 2.09. The molecular weight excluding hydrogens is 214 g/mol. The second-order valence-electron chi connectivity index (χ2n) is 4.68. The van der Waals surface area contributed by atoms with Crippen molar-refractivity contribution in [3.63, 3.8) is 0 Å². The van der Waals surface area contributed by atoms with E-state index in [0.29, 0.717) is 18.0 Å². The van der Waals surface area contributed by atoms with Crippen LogP contribution in [0, 0.1) is 0 Å². The Morgan fingerprint density at radius 1 is 1.29 bits per heavy atom. The van der Waals surface area contributed by atoms with Crippen molar-refractivity contribution in [3.8, 4) is 0 Å². The van der Waals surface area contributed by atoms with Crippen LogP contribution >= 0.6 is 0 Å². The third-order valence-electron chi connectivity index (χ3n) is 3.01. The average molecular weight is 241 g/mol. The first-order chi connectivity index (χ1) is 8.02. The Morgan fingerprint density at radius 2 is 1.94 bits per heavy atom. The van der Waals surface area contributed by atoms with Crippen LogP contribution < -0.4 is 0 Å². The maximum Gasteiger partial charge on any atom is 0.331 e. The molecule has 0 amide bonds. The summed E-state index contributed by atoms with van der Waals surface area (Å²) < 4.78 is 0. The van der Waals surface area contributed by atoms with Gasteiger partial charge in [0.1, 0.15) is 0 Å². The highest BCUT2D eigenvalue weighted by molar-refractivity contribution is 5.86. The summed E-state index contributed by atoms with van der Waals surface area (Å²) in [7, 11) is 0. The van der Waals surface area contributed by atoms with Crippen LogP contribution in [0.3, 0.4) is 0 Å². The van der Waals surface area contributed by atoms with Gasteiger partial charge in [-0.3, -0.25) is 4.90 Å². The minimum atomic E-state index is -0.787. The van der Waals surface area contributed by atoms with Crippen LogP contribution in [0.2, 0.25) is 0 Å². The number of carboxylic acid groups (broad SMARTS) is 1. The predicted octanol–water partition coefficient (Wildman–Crippen LogP) is 3.31. The van der Waals surface area contributed by atoms with Gasteiger partial charge in [-0.1, -0.05) is 32.8 Å². The lowest BCUT2D eigenvalue weighted by Crippen LogP contribution is -2.32. The van der Waals surface area contributed by atoms with Crippen LogP contribution in [-0.2, 0) is 4.79 Å². The quantitative estimate of drug-likeness (QED) is 0.497. The van der Waals surface area contributed by atoms with Gasteiger partial charge in [0, 0.05) is 18.2 Å². The summed E-state index contributed by atoms with van der Waals surface area (Å²) in [6.07, 6.45) is 6.10. The first kappa shape index (κ1) is 16.2. The van der Waals surface area contributed by atoms with E-state index in [-0.39, 0.29) is 0 Å². The molecule has 0 saturated heterocycles. The van der Waals surface area contributed by atoms with Gasteiger partial charge in [0.15, 0.2) is 0 Å². The van der Waals surface area contributed by atoms with Gasteiger partial charge in [-0.15, -0.1) is 0 Å². The van der Waals surface area contributed by atoms with E-state index in [0.717, 1.165) is 13.1 Å². The van der Waals surface area contributed by atoms with Crippen LogP contribution in [-0.4, -0.2) is 35.1 Å². The summed E-state index contributed by atoms with van der Waals surface area (Å²) in [6, 6.07) is 0.468. The van der Waals surface area contributed by atoms with Crippen molar-refractivity contribution in [2.75, 3.05) is 13.1 Å². The van der Waals surface area contributed by atoms with E-state index in [2.05, 4.69) is 25.7 Å². The zero-order chi connectivity index (χ0) is 13.3. The number of nitrogens with zero attached hydrogens (tertiary/aromatic N) is 1. The number of unbranched alkanes of at least 4 members (excludes halogenated alkanes) is 2. The smallest absolute Gasteiger partial charge is 0.331 e. The third kappa shape index (κ3) is 7.16. The van der Waals surface area contributed by atoms with Gasteiger partial charge in [0.25, 0.3) is 0 Å². The van der Waals surface area contributed by atoms with Gasteiger partial charge in [-0.2, -0.15) is 0 Å². The van der Waals surface area contributed by atoms with Gasteiger partial charge in [0.2, 0.25) is 0 Å². The summed E-state index contributed by atoms with van der Waals surface area (Å²) in [4.78, 5) is 13.2. The monoisotopic (exact) mass is 241 g/mol. The third-order valence-corrected chi connectivity index (χ3v) is 3.01. The minimum absolute atomic E-state index is 0.468. The summed E-state index contributed by atoms with van der Waals surface area (Å²) >= 11 is 0. The summed E-state index contributed by atoms with van der Waals surface area (Å²) in [5.74, 6) is -0.787. The molecule has 0 unspecified atom stereocenters. The van der Waals surface area contributed by atoms with Gasteiger partial charge < -0.3 is 5.11 Å². The highest BCUT2D eigenvalue weighted by Crippen LogP contribution is 2.06. The van der Waals surface area contributed by atoms with Gasteiger partial charge >= 0.3 is 5.97 Å². The molecule has 0 saturated carbocycles. The molecule has 0 aliphatic carbocycles. The molecular formula is C14H27NO2. The van der Waals surface area contributed by atoms with Crippen molar-refractivity contribution in [1.29, 1.82) is 0 Å². The Labute approximate surface area is 106 Å². The molecule has 0 aromatic rings. The number of carboxylic acids is 1. The summed E-state index contributed by atoms with van der Waals surface area (Å²) in [5.41, 5.74) is 0.520. The maximum absolute atomic E-state index is 10.9. The Hall–Kier alpha value is -0.830. The number of carbonyl (C=O) groups is 1. The molecule has 0 aromatic heterocycles. The fourth-order valence-corrected chi connectivity index (χ4v) is 1.74. The fourth-order valence-electron chi connectivity index (χ4n) is 1.74. The van der Waals surface area contributed by atoms with Crippen molar-refractivity contribution in [2.24, 2.45) is 0 Å². The van der Waals surface area contributed by atoms with Crippen molar-refractivity contribution >= 4 is 5.97 Å². The number of hydrogen-bond acceptors (Lipinski definition) is 2. The van der Waals surface area contributed by atoms with Crippen molar-refractivity contribution in [2.45, 2.75) is 59.4 Å². The lowest BCUT2D eigenvalue weighted by atomic mass is 10.1. The summed E-state index contributed by atoms with van der Waals surface area (Å²) in [5, 5.41) is 8.95. The molecule has 0 fully saturated rings. The Balaban J connectivity index is 4.29. The van der Waals surface area contributed by atoms with E-state index in [9.17, 15) is 4.79 Å². The van der Waals surface area contributed by atoms with Crippen LogP contribution in [0.15, 0.2) is 11.6 Å². The zero-order valence-corrected chi connectivity index (χ0v) is 11.7. The van der Waals surface area contributed by atoms with Crippen molar-refractivity contribution in [1.82, 2.24) is 4.90 Å². The van der Waals surface area contributed by atoms with Crippen LogP contribution in [0.4, 0.5) is 0 Å². The fraction of sp³-hybridized carbons (Fsp3) is 0.786. The Kier molecular flexibility index (Phi) is 8.78. The molecule has 0 radical (unpaired) electrons. The number of hydrogen-bond donors (Lipinski definition) is 1. The Morgan fingerprint density at radius 3 is 2.35 bits per heavy atom. The molecule has 0 aromatic carbocycles. The number of rotatable bonds is 9. The molecule has 1 N–H and O–H groups in total. The molecule has 3 nitrogen and oxygen atoms in total. The molecule has 0 rings (SSSR count). The first-order valence-electron chi connectivity index (χ1n) is 6.69. The second-order valence-corrected chi connectivity index (χ2v) is 4.68. The van der Waals surface area contributed by atoms with E-state index in [4.69, 9.17) is 5.11 Å². The number of aliphatic carboxylic acids is 1. The Bertz CT molecular complexity index is 247. The molecule has 100 valence electrons. The van der Waals surface area contributed by atoms with Gasteiger partial charge in [-0.25, -0.2) is 4.79 Å². The van der Waals surface area contributed by atoms with Crippen LogP contribution in [0.25, 0.3) is 0 Å². The largest absolute Gasteiger partial charge is 0.478 e. The van der Waals surface area contributed by atoms with E-state index in [1.807, 2.05) is 13.0 Å². The van der Waals surface area contributed by atoms with E-state index >= 15 is 0 Å². The standard InChI is InChI=1S/C14H27NO2/c1-5-7-8-10-15(12(3)4)11-9-13(6-2)14(16)17/h9,12H,5-8,10-11H2,1-4H3,(H,16,17). The van der Waals surface area contributed by atoms with Gasteiger partial charge in [-0.05, 0) is 33.2 Å². The SMILES string of the molecule is CCCCCN(CC=C(CC)C(=O)O)C(C)C. The predicted molar refractivity (Wildman–Crippen MR) is 72.2 cm³/mol. The van der Waals surface area contributed by atoms with E-state index in [1.54, 1.807) is 0 Å². The second kappa shape index (κ2) is 9.23. The lowest BCUT2D eigenvalue weighted by Gasteiger charge is -2.25. The van der Waals surface area contributed by atoms with Gasteiger partial charge in [0.05, 0.1) is 0 Å². The topological polar surface area (TPSA) is 40.5 Å². The molecule has 0 aliphatic rings. The van der Waals surface area contributed by atoms with Crippen molar-refractivity contribution in [3.05, 3.63) is 11.6 Å². The minimum Gasteiger partial charge on any atom is -0.478 e. The lowest BCUT2D eigenvalue weighted by molar-refractivity contribution is -0.132. The highest BCUT2D eigenvalue weighted by atomic mass is 16.4. The molecule has 0 spiro atoms. The normalized spacial score (nSPS) is 12.5. The van der Waals surface area contributed by atoms with Crippen LogP contribution in [0.5, 0.6) is 0 Å². The summed E-state index contributed by atoms with van der Waals surface area (Å²) in [6.45, 7) is 10.2. The van der Waals surface area contributed by atoms with Crippen LogP contribution in [0.1, 0.15) is 53.4 Å².